The first kappa shape index (κ1) is 11.2. The van der Waals surface area contributed by atoms with Crippen LogP contribution >= 0.6 is 11.8 Å². The van der Waals surface area contributed by atoms with Crippen LogP contribution in [0.4, 0.5) is 0 Å². The van der Waals surface area contributed by atoms with Gasteiger partial charge < -0.3 is 15.5 Å². The molecule has 0 heterocycles. The van der Waals surface area contributed by atoms with Gasteiger partial charge >= 0.3 is 0 Å². The maximum absolute atomic E-state index is 9.58. The van der Waals surface area contributed by atoms with Gasteiger partial charge in [0.1, 0.15) is 0 Å². The third kappa shape index (κ3) is 6.62. The van der Waals surface area contributed by atoms with Crippen molar-refractivity contribution in [2.75, 3.05) is 31.7 Å². The Bertz CT molecular complexity index is 98.4. The SMILES string of the molecule is CSCC(C)(O)CNCCO. The average molecular weight is 179 g/mol. The predicted molar refractivity (Wildman–Crippen MR) is 49.0 cm³/mol. The van der Waals surface area contributed by atoms with E-state index in [1.54, 1.807) is 18.7 Å². The zero-order valence-corrected chi connectivity index (χ0v) is 7.95. The molecule has 4 heteroatoms. The number of rotatable bonds is 6. The molecule has 0 aliphatic carbocycles. The normalized spacial score (nSPS) is 16.4. The number of aliphatic hydroxyl groups is 2. The zero-order chi connectivity index (χ0) is 8.74. The lowest BCUT2D eigenvalue weighted by atomic mass is 10.1. The van der Waals surface area contributed by atoms with Crippen LogP contribution in [-0.4, -0.2) is 47.5 Å². The van der Waals surface area contributed by atoms with E-state index >= 15 is 0 Å². The van der Waals surface area contributed by atoms with E-state index in [1.165, 1.54) is 0 Å². The second kappa shape index (κ2) is 5.83. The van der Waals surface area contributed by atoms with Crippen LogP contribution in [0.1, 0.15) is 6.92 Å². The van der Waals surface area contributed by atoms with Crippen molar-refractivity contribution in [3.05, 3.63) is 0 Å². The van der Waals surface area contributed by atoms with Crippen LogP contribution in [0, 0.1) is 0 Å². The van der Waals surface area contributed by atoms with Gasteiger partial charge in [-0.25, -0.2) is 0 Å². The van der Waals surface area contributed by atoms with Gasteiger partial charge in [0.25, 0.3) is 0 Å². The van der Waals surface area contributed by atoms with Crippen molar-refractivity contribution in [3.63, 3.8) is 0 Å². The summed E-state index contributed by atoms with van der Waals surface area (Å²) < 4.78 is 0. The largest absolute Gasteiger partial charge is 0.395 e. The highest BCUT2D eigenvalue weighted by molar-refractivity contribution is 7.98. The van der Waals surface area contributed by atoms with Crippen LogP contribution in [0.25, 0.3) is 0 Å². The van der Waals surface area contributed by atoms with Gasteiger partial charge in [0.15, 0.2) is 0 Å². The third-order valence-corrected chi connectivity index (χ3v) is 2.16. The van der Waals surface area contributed by atoms with Crippen molar-refractivity contribution in [1.29, 1.82) is 0 Å². The minimum absolute atomic E-state index is 0.120. The number of thioether (sulfide) groups is 1. The second-order valence-corrected chi connectivity index (χ2v) is 3.70. The van der Waals surface area contributed by atoms with Gasteiger partial charge in [-0.05, 0) is 13.2 Å². The first-order chi connectivity index (χ1) is 5.12. The van der Waals surface area contributed by atoms with Crippen LogP contribution in [0.15, 0.2) is 0 Å². The maximum atomic E-state index is 9.58. The second-order valence-electron chi connectivity index (χ2n) is 2.83. The summed E-state index contributed by atoms with van der Waals surface area (Å²) in [5.41, 5.74) is -0.658. The van der Waals surface area contributed by atoms with E-state index in [0.29, 0.717) is 18.8 Å². The maximum Gasteiger partial charge on any atom is 0.0833 e. The van der Waals surface area contributed by atoms with Gasteiger partial charge in [0.05, 0.1) is 12.2 Å². The molecule has 3 nitrogen and oxygen atoms in total. The molecule has 0 rings (SSSR count). The molecule has 0 saturated heterocycles. The molecular weight excluding hydrogens is 162 g/mol. The molecule has 0 aliphatic rings. The quantitative estimate of drug-likeness (QED) is 0.489. The first-order valence-corrected chi connectivity index (χ1v) is 5.04. The highest BCUT2D eigenvalue weighted by Crippen LogP contribution is 2.08. The van der Waals surface area contributed by atoms with Crippen LogP contribution < -0.4 is 5.32 Å². The Labute approximate surface area is 72.2 Å². The first-order valence-electron chi connectivity index (χ1n) is 3.65. The van der Waals surface area contributed by atoms with Gasteiger partial charge in [-0.15, -0.1) is 0 Å². The number of nitrogens with one attached hydrogen (secondary N) is 1. The predicted octanol–water partition coefficient (Wildman–Crippen LogP) is -0.318. The molecule has 0 aromatic heterocycles. The fraction of sp³-hybridized carbons (Fsp3) is 1.00. The Hall–Kier alpha value is 0.230. The van der Waals surface area contributed by atoms with Crippen molar-refractivity contribution in [1.82, 2.24) is 5.32 Å². The van der Waals surface area contributed by atoms with Gasteiger partial charge in [0, 0.05) is 18.8 Å². The van der Waals surface area contributed by atoms with Crippen molar-refractivity contribution < 1.29 is 10.2 Å². The minimum Gasteiger partial charge on any atom is -0.395 e. The number of hydrogen-bond acceptors (Lipinski definition) is 4. The third-order valence-electron chi connectivity index (χ3n) is 1.25. The highest BCUT2D eigenvalue weighted by atomic mass is 32.2. The molecule has 3 N–H and O–H groups in total. The molecule has 0 aliphatic heterocycles. The summed E-state index contributed by atoms with van der Waals surface area (Å²) in [5, 5.41) is 21.0. The Kier molecular flexibility index (Phi) is 5.95. The molecule has 1 unspecified atom stereocenters. The topological polar surface area (TPSA) is 52.5 Å². The molecule has 0 spiro atoms. The number of aliphatic hydroxyl groups excluding tert-OH is 1. The van der Waals surface area contributed by atoms with E-state index in [9.17, 15) is 5.11 Å². The average Bonchev–Trinajstić information content (AvgIpc) is 1.87. The Morgan fingerprint density at radius 3 is 2.64 bits per heavy atom. The lowest BCUT2D eigenvalue weighted by Crippen LogP contribution is -2.40. The molecular formula is C7H17NO2S. The zero-order valence-electron chi connectivity index (χ0n) is 7.13. The van der Waals surface area contributed by atoms with Gasteiger partial charge in [0.2, 0.25) is 0 Å². The van der Waals surface area contributed by atoms with Crippen LogP contribution in [0.3, 0.4) is 0 Å². The van der Waals surface area contributed by atoms with E-state index in [2.05, 4.69) is 5.32 Å². The molecule has 0 saturated carbocycles. The summed E-state index contributed by atoms with van der Waals surface area (Å²) in [6, 6.07) is 0. The molecule has 0 radical (unpaired) electrons. The number of hydrogen-bond donors (Lipinski definition) is 3. The molecule has 1 atom stereocenters. The van der Waals surface area contributed by atoms with Gasteiger partial charge in [-0.1, -0.05) is 0 Å². The monoisotopic (exact) mass is 179 g/mol. The minimum atomic E-state index is -0.658. The summed E-state index contributed by atoms with van der Waals surface area (Å²) >= 11 is 1.61. The standard InChI is InChI=1S/C7H17NO2S/c1-7(10,6-11-2)5-8-3-4-9/h8-10H,3-6H2,1-2H3. The van der Waals surface area contributed by atoms with Crippen molar-refractivity contribution in [2.24, 2.45) is 0 Å². The van der Waals surface area contributed by atoms with Gasteiger partial charge in [-0.2, -0.15) is 11.8 Å². The molecule has 11 heavy (non-hydrogen) atoms. The van der Waals surface area contributed by atoms with Crippen molar-refractivity contribution >= 4 is 11.8 Å². The summed E-state index contributed by atoms with van der Waals surface area (Å²) in [7, 11) is 0. The Balaban J connectivity index is 3.38. The summed E-state index contributed by atoms with van der Waals surface area (Å²) in [6.45, 7) is 2.99. The smallest absolute Gasteiger partial charge is 0.0833 e. The Morgan fingerprint density at radius 1 is 1.55 bits per heavy atom. The molecule has 0 fully saturated rings. The molecule has 0 aromatic carbocycles. The van der Waals surface area contributed by atoms with Gasteiger partial charge in [-0.3, -0.25) is 0 Å². The lowest BCUT2D eigenvalue weighted by molar-refractivity contribution is 0.0836. The summed E-state index contributed by atoms with van der Waals surface area (Å²) in [6.07, 6.45) is 1.96. The molecule has 0 bridgehead atoms. The molecule has 0 amide bonds. The fourth-order valence-corrected chi connectivity index (χ4v) is 1.52. The highest BCUT2D eigenvalue weighted by Gasteiger charge is 2.17. The summed E-state index contributed by atoms with van der Waals surface area (Å²) in [4.78, 5) is 0. The summed E-state index contributed by atoms with van der Waals surface area (Å²) in [5.74, 6) is 0.714. The molecule has 0 aromatic rings. The van der Waals surface area contributed by atoms with Crippen molar-refractivity contribution in [2.45, 2.75) is 12.5 Å². The van der Waals surface area contributed by atoms with E-state index in [0.717, 1.165) is 0 Å². The Morgan fingerprint density at radius 2 is 2.18 bits per heavy atom. The molecule has 68 valence electrons. The fourth-order valence-electron chi connectivity index (χ4n) is 0.799. The van der Waals surface area contributed by atoms with Crippen molar-refractivity contribution in [3.8, 4) is 0 Å². The van der Waals surface area contributed by atoms with E-state index in [1.807, 2.05) is 6.26 Å². The van der Waals surface area contributed by atoms with E-state index < -0.39 is 5.60 Å². The van der Waals surface area contributed by atoms with Crippen LogP contribution in [-0.2, 0) is 0 Å². The van der Waals surface area contributed by atoms with E-state index in [-0.39, 0.29) is 6.61 Å². The van der Waals surface area contributed by atoms with E-state index in [4.69, 9.17) is 5.11 Å². The van der Waals surface area contributed by atoms with Crippen LogP contribution in [0.5, 0.6) is 0 Å². The lowest BCUT2D eigenvalue weighted by Gasteiger charge is -2.22. The van der Waals surface area contributed by atoms with Crippen LogP contribution in [0.2, 0.25) is 0 Å².